The average molecular weight is 365 g/mol. The van der Waals surface area contributed by atoms with E-state index < -0.39 is 5.25 Å². The zero-order valence-electron chi connectivity index (χ0n) is 12.9. The number of carbonyl (C=O) groups is 2. The van der Waals surface area contributed by atoms with E-state index in [-0.39, 0.29) is 18.2 Å². The lowest BCUT2D eigenvalue weighted by atomic mass is 10.2. The molecule has 3 rings (SSSR count). The maximum absolute atomic E-state index is 12.1. The van der Waals surface area contributed by atoms with Gasteiger partial charge in [0.25, 0.3) is 0 Å². The number of hydrogen-bond donors (Lipinski definition) is 2. The number of carbonyl (C=O) groups excluding carboxylic acids is 2. The third-order valence-corrected chi connectivity index (χ3v) is 5.12. The number of nitrogens with one attached hydrogen (secondary N) is 2. The molecule has 6 nitrogen and oxygen atoms in total. The summed E-state index contributed by atoms with van der Waals surface area (Å²) in [5.74, 6) is -0.283. The van der Waals surface area contributed by atoms with Crippen LogP contribution in [0.25, 0.3) is 0 Å². The van der Waals surface area contributed by atoms with Crippen LogP contribution in [0.2, 0.25) is 5.02 Å². The van der Waals surface area contributed by atoms with Crippen molar-refractivity contribution >= 4 is 40.9 Å². The molecule has 2 N–H and O–H groups in total. The van der Waals surface area contributed by atoms with Crippen molar-refractivity contribution in [2.75, 3.05) is 11.9 Å². The number of amides is 2. The van der Waals surface area contributed by atoms with Crippen molar-refractivity contribution in [2.24, 2.45) is 0 Å². The quantitative estimate of drug-likeness (QED) is 0.772. The van der Waals surface area contributed by atoms with Gasteiger partial charge in [0.1, 0.15) is 0 Å². The van der Waals surface area contributed by atoms with E-state index in [1.54, 1.807) is 24.7 Å². The number of hydrogen-bond acceptors (Lipinski definition) is 4. The number of aromatic nitrogens is 2. The molecule has 1 aromatic heterocycles. The lowest BCUT2D eigenvalue weighted by Crippen LogP contribution is -2.35. The summed E-state index contributed by atoms with van der Waals surface area (Å²) in [6, 6.07) is 5.35. The molecule has 0 saturated carbocycles. The van der Waals surface area contributed by atoms with Gasteiger partial charge in [-0.25, -0.2) is 4.98 Å². The van der Waals surface area contributed by atoms with E-state index in [4.69, 9.17) is 11.6 Å². The Kier molecular flexibility index (Phi) is 5.42. The number of aryl methyl sites for hydroxylation is 1. The number of halogens is 1. The van der Waals surface area contributed by atoms with Crippen LogP contribution in [0.4, 0.5) is 5.69 Å². The topological polar surface area (TPSA) is 76.0 Å². The first-order valence-electron chi connectivity index (χ1n) is 7.61. The Hall–Kier alpha value is -1.99. The van der Waals surface area contributed by atoms with Crippen LogP contribution in [0.3, 0.4) is 0 Å². The molecule has 1 aromatic carbocycles. The van der Waals surface area contributed by atoms with Gasteiger partial charge in [-0.1, -0.05) is 11.6 Å². The van der Waals surface area contributed by atoms with Gasteiger partial charge < -0.3 is 15.2 Å². The molecule has 8 heteroatoms. The van der Waals surface area contributed by atoms with Crippen LogP contribution in [0, 0.1) is 0 Å². The van der Waals surface area contributed by atoms with Crippen LogP contribution in [0.15, 0.2) is 41.8 Å². The maximum atomic E-state index is 12.1. The van der Waals surface area contributed by atoms with E-state index in [1.165, 1.54) is 11.8 Å². The van der Waals surface area contributed by atoms with Crippen LogP contribution in [0.1, 0.15) is 12.8 Å². The number of anilines is 1. The summed E-state index contributed by atoms with van der Waals surface area (Å²) in [5, 5.41) is 5.82. The molecule has 1 aliphatic heterocycles. The monoisotopic (exact) mass is 364 g/mol. The number of nitrogens with zero attached hydrogens (tertiary/aromatic N) is 2. The van der Waals surface area contributed by atoms with Gasteiger partial charge in [0.15, 0.2) is 0 Å². The zero-order chi connectivity index (χ0) is 16.9. The van der Waals surface area contributed by atoms with Crippen molar-refractivity contribution in [3.8, 4) is 0 Å². The fraction of sp³-hybridized carbons (Fsp3) is 0.312. The molecular formula is C16H17ClN4O2S. The lowest BCUT2D eigenvalue weighted by Gasteiger charge is -2.23. The molecule has 0 fully saturated rings. The number of benzene rings is 1. The largest absolute Gasteiger partial charge is 0.356 e. The van der Waals surface area contributed by atoms with Crippen LogP contribution < -0.4 is 10.6 Å². The summed E-state index contributed by atoms with van der Waals surface area (Å²) in [6.45, 7) is 1.37. The van der Waals surface area contributed by atoms with E-state index in [0.717, 1.165) is 17.9 Å². The van der Waals surface area contributed by atoms with E-state index >= 15 is 0 Å². The summed E-state index contributed by atoms with van der Waals surface area (Å²) in [5.41, 5.74) is 0.703. The first-order valence-corrected chi connectivity index (χ1v) is 8.87. The highest BCUT2D eigenvalue weighted by Gasteiger charge is 2.28. The normalized spacial score (nSPS) is 16.4. The van der Waals surface area contributed by atoms with Gasteiger partial charge in [0.05, 0.1) is 17.3 Å². The van der Waals surface area contributed by atoms with E-state index in [1.807, 2.05) is 16.8 Å². The molecule has 126 valence electrons. The Morgan fingerprint density at radius 3 is 3.12 bits per heavy atom. The van der Waals surface area contributed by atoms with Crippen molar-refractivity contribution in [2.45, 2.75) is 29.5 Å². The van der Waals surface area contributed by atoms with Crippen molar-refractivity contribution in [3.63, 3.8) is 0 Å². The Balaban J connectivity index is 1.46. The molecule has 0 unspecified atom stereocenters. The lowest BCUT2D eigenvalue weighted by molar-refractivity contribution is -0.124. The Labute approximate surface area is 149 Å². The third kappa shape index (κ3) is 4.30. The molecule has 0 saturated heterocycles. The number of thioether (sulfide) groups is 1. The second kappa shape index (κ2) is 7.72. The van der Waals surface area contributed by atoms with Gasteiger partial charge >= 0.3 is 0 Å². The summed E-state index contributed by atoms with van der Waals surface area (Å²) in [7, 11) is 0. The second-order valence-corrected chi connectivity index (χ2v) is 7.13. The highest BCUT2D eigenvalue weighted by atomic mass is 35.5. The molecule has 0 aliphatic carbocycles. The predicted octanol–water partition coefficient (Wildman–Crippen LogP) is 2.55. The first-order chi connectivity index (χ1) is 11.6. The maximum Gasteiger partial charge on any atom is 0.238 e. The minimum atomic E-state index is -0.424. The molecule has 2 aromatic rings. The van der Waals surface area contributed by atoms with Crippen LogP contribution >= 0.6 is 23.4 Å². The van der Waals surface area contributed by atoms with Crippen molar-refractivity contribution < 1.29 is 9.59 Å². The van der Waals surface area contributed by atoms with Crippen molar-refractivity contribution in [1.29, 1.82) is 0 Å². The molecule has 24 heavy (non-hydrogen) atoms. The zero-order valence-corrected chi connectivity index (χ0v) is 14.4. The molecule has 2 amide bonds. The highest BCUT2D eigenvalue weighted by molar-refractivity contribution is 8.01. The molecule has 0 spiro atoms. The number of imidazole rings is 1. The minimum Gasteiger partial charge on any atom is -0.356 e. The highest BCUT2D eigenvalue weighted by Crippen LogP contribution is 2.38. The smallest absolute Gasteiger partial charge is 0.238 e. The summed E-state index contributed by atoms with van der Waals surface area (Å²) >= 11 is 7.32. The predicted molar refractivity (Wildman–Crippen MR) is 94.2 cm³/mol. The summed E-state index contributed by atoms with van der Waals surface area (Å²) < 4.78 is 1.96. The fourth-order valence-electron chi connectivity index (χ4n) is 2.41. The molecule has 0 radical (unpaired) electrons. The molecule has 1 atom stereocenters. The third-order valence-electron chi connectivity index (χ3n) is 3.61. The number of fused-ring (bicyclic) bond motifs is 1. The first kappa shape index (κ1) is 16.9. The standard InChI is InChI=1S/C16H17ClN4O2S/c17-11-2-3-13-12(8-11)20-16(23)14(24-13)9-15(22)19-4-1-6-21-7-5-18-10-21/h2-3,5,7-8,10,14H,1,4,6,9H2,(H,19,22)(H,20,23)/t14-/m0/s1. The van der Waals surface area contributed by atoms with Gasteiger partial charge in [-0.2, -0.15) is 0 Å². The van der Waals surface area contributed by atoms with Gasteiger partial charge in [0, 0.05) is 41.8 Å². The van der Waals surface area contributed by atoms with Crippen LogP contribution in [0.5, 0.6) is 0 Å². The summed E-state index contributed by atoms with van der Waals surface area (Å²) in [6.07, 6.45) is 6.32. The van der Waals surface area contributed by atoms with E-state index in [0.29, 0.717) is 17.3 Å². The van der Waals surface area contributed by atoms with Crippen LogP contribution in [-0.2, 0) is 16.1 Å². The molecule has 0 bridgehead atoms. The van der Waals surface area contributed by atoms with E-state index in [2.05, 4.69) is 15.6 Å². The summed E-state index contributed by atoms with van der Waals surface area (Å²) in [4.78, 5) is 29.1. The Bertz CT molecular complexity index is 736. The van der Waals surface area contributed by atoms with E-state index in [9.17, 15) is 9.59 Å². The fourth-order valence-corrected chi connectivity index (χ4v) is 3.67. The van der Waals surface area contributed by atoms with Crippen molar-refractivity contribution in [1.82, 2.24) is 14.9 Å². The van der Waals surface area contributed by atoms with Crippen LogP contribution in [-0.4, -0.2) is 33.2 Å². The minimum absolute atomic E-state index is 0.120. The van der Waals surface area contributed by atoms with Crippen molar-refractivity contribution in [3.05, 3.63) is 41.9 Å². The molecule has 1 aliphatic rings. The van der Waals surface area contributed by atoms with Gasteiger partial charge in [-0.05, 0) is 24.6 Å². The van der Waals surface area contributed by atoms with Gasteiger partial charge in [-0.15, -0.1) is 11.8 Å². The van der Waals surface area contributed by atoms with Gasteiger partial charge in [0.2, 0.25) is 11.8 Å². The molecule has 2 heterocycles. The average Bonchev–Trinajstić information content (AvgIpc) is 3.06. The second-order valence-electron chi connectivity index (χ2n) is 5.44. The Morgan fingerprint density at radius 2 is 2.33 bits per heavy atom. The SMILES string of the molecule is O=C(C[C@@H]1Sc2ccc(Cl)cc2NC1=O)NCCCn1ccnc1. The molecular weight excluding hydrogens is 348 g/mol. The number of rotatable bonds is 6. The Morgan fingerprint density at radius 1 is 1.46 bits per heavy atom. The van der Waals surface area contributed by atoms with Gasteiger partial charge in [-0.3, -0.25) is 9.59 Å².